The van der Waals surface area contributed by atoms with E-state index in [2.05, 4.69) is 39.4 Å². The Hall–Kier alpha value is -1.79. The fraction of sp³-hybridized carbons (Fsp3) is 0.440. The van der Waals surface area contributed by atoms with Crippen LogP contribution in [0.3, 0.4) is 0 Å². The first-order valence-corrected chi connectivity index (χ1v) is 12.8. The molecule has 0 aliphatic heterocycles. The van der Waals surface area contributed by atoms with E-state index in [1.807, 2.05) is 58.0 Å². The van der Waals surface area contributed by atoms with Crippen molar-refractivity contribution < 1.29 is 9.59 Å². The molecule has 0 fully saturated rings. The number of thioether (sulfide) groups is 1. The molecule has 0 heterocycles. The van der Waals surface area contributed by atoms with Crippen molar-refractivity contribution in [1.29, 1.82) is 0 Å². The van der Waals surface area contributed by atoms with Crippen LogP contribution in [-0.2, 0) is 21.9 Å². The van der Waals surface area contributed by atoms with Gasteiger partial charge in [0.2, 0.25) is 11.8 Å². The normalized spacial score (nSPS) is 12.8. The molecule has 2 unspecified atom stereocenters. The Labute approximate surface area is 199 Å². The van der Waals surface area contributed by atoms with E-state index in [9.17, 15) is 9.59 Å². The van der Waals surface area contributed by atoms with Gasteiger partial charge in [-0.25, -0.2) is 0 Å². The van der Waals surface area contributed by atoms with Crippen molar-refractivity contribution in [2.24, 2.45) is 0 Å². The lowest BCUT2D eigenvalue weighted by atomic mass is 10.1. The van der Waals surface area contributed by atoms with Crippen molar-refractivity contribution >= 4 is 39.5 Å². The summed E-state index contributed by atoms with van der Waals surface area (Å²) >= 11 is 5.03. The van der Waals surface area contributed by atoms with E-state index >= 15 is 0 Å². The van der Waals surface area contributed by atoms with Crippen LogP contribution in [0.4, 0.5) is 0 Å². The first-order valence-electron chi connectivity index (χ1n) is 10.8. The van der Waals surface area contributed by atoms with Gasteiger partial charge in [0.25, 0.3) is 0 Å². The lowest BCUT2D eigenvalue weighted by Gasteiger charge is -2.31. The van der Waals surface area contributed by atoms with Gasteiger partial charge in [-0.05, 0) is 49.9 Å². The van der Waals surface area contributed by atoms with E-state index in [1.54, 1.807) is 16.7 Å². The van der Waals surface area contributed by atoms with Crippen LogP contribution in [0.25, 0.3) is 0 Å². The van der Waals surface area contributed by atoms with Gasteiger partial charge in [0, 0.05) is 22.8 Å². The molecule has 0 radical (unpaired) electrons. The number of carbonyl (C=O) groups is 2. The minimum Gasteiger partial charge on any atom is -0.352 e. The summed E-state index contributed by atoms with van der Waals surface area (Å²) in [7, 11) is 0. The molecule has 0 aliphatic rings. The van der Waals surface area contributed by atoms with Crippen LogP contribution in [-0.4, -0.2) is 34.6 Å². The second kappa shape index (κ2) is 12.9. The van der Waals surface area contributed by atoms with Gasteiger partial charge in [0.15, 0.2) is 0 Å². The van der Waals surface area contributed by atoms with Crippen LogP contribution in [0, 0.1) is 6.92 Å². The SMILES string of the molecule is CCC(C)NC(=O)C(CC)N(Cc1cccc(C)c1)C(=O)CSCc1ccc(Br)cc1. The van der Waals surface area contributed by atoms with Crippen LogP contribution < -0.4 is 5.32 Å². The standard InChI is InChI=1S/C25H33BrN2O2S/c1-5-19(4)27-25(30)23(6-2)28(15-21-9-7-8-18(3)14-21)24(29)17-31-16-20-10-12-22(26)13-11-20/h7-14,19,23H,5-6,15-17H2,1-4H3,(H,27,30). The highest BCUT2D eigenvalue weighted by Gasteiger charge is 2.29. The molecule has 0 aliphatic carbocycles. The minimum atomic E-state index is -0.477. The van der Waals surface area contributed by atoms with Crippen LogP contribution in [0.5, 0.6) is 0 Å². The number of nitrogens with zero attached hydrogens (tertiary/aromatic N) is 1. The average Bonchev–Trinajstić information content (AvgIpc) is 2.74. The fourth-order valence-corrected chi connectivity index (χ4v) is 4.42. The Morgan fingerprint density at radius 2 is 1.77 bits per heavy atom. The van der Waals surface area contributed by atoms with E-state index in [0.717, 1.165) is 27.8 Å². The van der Waals surface area contributed by atoms with Crippen LogP contribution in [0.15, 0.2) is 53.0 Å². The first-order chi connectivity index (χ1) is 14.8. The number of carbonyl (C=O) groups excluding carboxylic acids is 2. The summed E-state index contributed by atoms with van der Waals surface area (Å²) in [5, 5.41) is 3.06. The first kappa shape index (κ1) is 25.5. The summed E-state index contributed by atoms with van der Waals surface area (Å²) in [6, 6.07) is 15.9. The van der Waals surface area contributed by atoms with Gasteiger partial charge in [-0.3, -0.25) is 9.59 Å². The summed E-state index contributed by atoms with van der Waals surface area (Å²) in [5.41, 5.74) is 3.36. The molecule has 0 spiro atoms. The monoisotopic (exact) mass is 504 g/mol. The summed E-state index contributed by atoms with van der Waals surface area (Å²) < 4.78 is 1.04. The molecule has 2 aromatic carbocycles. The Kier molecular flexibility index (Phi) is 10.6. The Morgan fingerprint density at radius 1 is 1.06 bits per heavy atom. The number of nitrogens with one attached hydrogen (secondary N) is 1. The third-order valence-corrected chi connectivity index (χ3v) is 6.75. The molecule has 2 amide bonds. The Bertz CT molecular complexity index is 857. The number of halogens is 1. The van der Waals surface area contributed by atoms with Gasteiger partial charge >= 0.3 is 0 Å². The predicted molar refractivity (Wildman–Crippen MR) is 134 cm³/mol. The maximum Gasteiger partial charge on any atom is 0.243 e. The van der Waals surface area contributed by atoms with Crippen LogP contribution in [0.2, 0.25) is 0 Å². The van der Waals surface area contributed by atoms with Gasteiger partial charge in [0.1, 0.15) is 6.04 Å². The van der Waals surface area contributed by atoms with E-state index in [0.29, 0.717) is 18.7 Å². The van der Waals surface area contributed by atoms with E-state index in [1.165, 1.54) is 5.56 Å². The molecule has 2 rings (SSSR count). The van der Waals surface area contributed by atoms with Gasteiger partial charge in [-0.1, -0.05) is 71.7 Å². The second-order valence-corrected chi connectivity index (χ2v) is 9.77. The lowest BCUT2D eigenvalue weighted by Crippen LogP contribution is -2.51. The van der Waals surface area contributed by atoms with E-state index < -0.39 is 6.04 Å². The minimum absolute atomic E-state index is 0.00484. The number of hydrogen-bond donors (Lipinski definition) is 1. The molecule has 0 saturated carbocycles. The van der Waals surface area contributed by atoms with E-state index in [-0.39, 0.29) is 17.9 Å². The lowest BCUT2D eigenvalue weighted by molar-refractivity contribution is -0.139. The smallest absolute Gasteiger partial charge is 0.243 e. The van der Waals surface area contributed by atoms with Crippen molar-refractivity contribution in [1.82, 2.24) is 10.2 Å². The third-order valence-electron chi connectivity index (χ3n) is 5.23. The van der Waals surface area contributed by atoms with Crippen molar-refractivity contribution in [2.75, 3.05) is 5.75 Å². The largest absolute Gasteiger partial charge is 0.352 e. The molecule has 2 atom stereocenters. The maximum atomic E-state index is 13.3. The zero-order valence-corrected chi connectivity index (χ0v) is 21.3. The fourth-order valence-electron chi connectivity index (χ4n) is 3.29. The number of aryl methyl sites for hydroxylation is 1. The molecule has 168 valence electrons. The van der Waals surface area contributed by atoms with Crippen molar-refractivity contribution in [2.45, 2.75) is 64.9 Å². The molecule has 31 heavy (non-hydrogen) atoms. The number of hydrogen-bond acceptors (Lipinski definition) is 3. The molecular formula is C25H33BrN2O2S. The number of amides is 2. The highest BCUT2D eigenvalue weighted by atomic mass is 79.9. The molecular weight excluding hydrogens is 472 g/mol. The third kappa shape index (κ3) is 8.34. The van der Waals surface area contributed by atoms with Crippen LogP contribution in [0.1, 0.15) is 50.3 Å². The highest BCUT2D eigenvalue weighted by molar-refractivity contribution is 9.10. The second-order valence-electron chi connectivity index (χ2n) is 7.87. The van der Waals surface area contributed by atoms with Gasteiger partial charge in [-0.2, -0.15) is 0 Å². The summed E-state index contributed by atoms with van der Waals surface area (Å²) in [5.74, 6) is 1.02. The Morgan fingerprint density at radius 3 is 2.39 bits per heavy atom. The summed E-state index contributed by atoms with van der Waals surface area (Å²) in [6.07, 6.45) is 1.44. The number of benzene rings is 2. The molecule has 4 nitrogen and oxygen atoms in total. The summed E-state index contributed by atoms with van der Waals surface area (Å²) in [4.78, 5) is 28.0. The molecule has 0 saturated heterocycles. The van der Waals surface area contributed by atoms with Gasteiger partial charge in [0.05, 0.1) is 5.75 Å². The molecule has 1 N–H and O–H groups in total. The highest BCUT2D eigenvalue weighted by Crippen LogP contribution is 2.19. The molecule has 6 heteroatoms. The topological polar surface area (TPSA) is 49.4 Å². The number of rotatable bonds is 11. The van der Waals surface area contributed by atoms with Crippen molar-refractivity contribution in [3.8, 4) is 0 Å². The average molecular weight is 506 g/mol. The maximum absolute atomic E-state index is 13.3. The summed E-state index contributed by atoms with van der Waals surface area (Å²) in [6.45, 7) is 8.47. The van der Waals surface area contributed by atoms with Crippen LogP contribution >= 0.6 is 27.7 Å². The van der Waals surface area contributed by atoms with E-state index in [4.69, 9.17) is 0 Å². The Balaban J connectivity index is 2.13. The molecule has 0 aromatic heterocycles. The predicted octanol–water partition coefficient (Wildman–Crippen LogP) is 5.71. The molecule has 2 aromatic rings. The quantitative estimate of drug-likeness (QED) is 0.426. The zero-order chi connectivity index (χ0) is 22.8. The van der Waals surface area contributed by atoms with Crippen molar-refractivity contribution in [3.63, 3.8) is 0 Å². The van der Waals surface area contributed by atoms with Gasteiger partial charge < -0.3 is 10.2 Å². The van der Waals surface area contributed by atoms with Gasteiger partial charge in [-0.15, -0.1) is 11.8 Å². The zero-order valence-electron chi connectivity index (χ0n) is 18.9. The van der Waals surface area contributed by atoms with Crippen molar-refractivity contribution in [3.05, 3.63) is 69.7 Å². The molecule has 0 bridgehead atoms.